The molecule has 0 aromatic heterocycles. The van der Waals surface area contributed by atoms with Gasteiger partial charge in [-0.15, -0.1) is 0 Å². The lowest BCUT2D eigenvalue weighted by Gasteiger charge is -2.11. The molecule has 2 aromatic rings. The van der Waals surface area contributed by atoms with Crippen LogP contribution in [-0.4, -0.2) is 11.1 Å². The maximum atomic E-state index is 13.8. The van der Waals surface area contributed by atoms with Crippen molar-refractivity contribution >= 4 is 28.0 Å². The maximum Gasteiger partial charge on any atom is 0.328 e. The Hall–Kier alpha value is -2.14. The summed E-state index contributed by atoms with van der Waals surface area (Å²) in [6.07, 6.45) is 2.40. The minimum absolute atomic E-state index is 0.0954. The zero-order valence-corrected chi connectivity index (χ0v) is 12.7. The summed E-state index contributed by atoms with van der Waals surface area (Å²) in [6.45, 7) is 1.83. The Balaban J connectivity index is 2.40. The van der Waals surface area contributed by atoms with Crippen molar-refractivity contribution in [2.75, 3.05) is 0 Å². The van der Waals surface area contributed by atoms with E-state index in [2.05, 4.69) is 15.9 Å². The van der Waals surface area contributed by atoms with Crippen LogP contribution in [0.1, 0.15) is 11.1 Å². The standard InChI is InChI=1S/C16H12BrFO3/c1-10-2-6-13(18)15(8-10)21-14-9-12(17)5-3-11(14)4-7-16(19)20/h2-9H,1H3,(H,19,20). The molecule has 3 nitrogen and oxygen atoms in total. The highest BCUT2D eigenvalue weighted by molar-refractivity contribution is 9.10. The van der Waals surface area contributed by atoms with Crippen molar-refractivity contribution in [1.29, 1.82) is 0 Å². The minimum atomic E-state index is -1.06. The molecule has 0 heterocycles. The van der Waals surface area contributed by atoms with E-state index in [9.17, 15) is 9.18 Å². The molecule has 0 aliphatic heterocycles. The third kappa shape index (κ3) is 4.16. The first-order valence-electron chi connectivity index (χ1n) is 6.10. The van der Waals surface area contributed by atoms with Gasteiger partial charge in [-0.1, -0.05) is 28.1 Å². The zero-order chi connectivity index (χ0) is 15.4. The van der Waals surface area contributed by atoms with E-state index in [1.54, 1.807) is 30.3 Å². The molecule has 0 saturated heterocycles. The van der Waals surface area contributed by atoms with Gasteiger partial charge in [0.05, 0.1) is 0 Å². The first-order valence-corrected chi connectivity index (χ1v) is 6.89. The summed E-state index contributed by atoms with van der Waals surface area (Å²) in [7, 11) is 0. The second-order valence-electron chi connectivity index (χ2n) is 4.39. The van der Waals surface area contributed by atoms with Crippen LogP contribution >= 0.6 is 15.9 Å². The van der Waals surface area contributed by atoms with Crippen LogP contribution in [-0.2, 0) is 4.79 Å². The number of hydrogen-bond acceptors (Lipinski definition) is 2. The zero-order valence-electron chi connectivity index (χ0n) is 11.1. The summed E-state index contributed by atoms with van der Waals surface area (Å²) >= 11 is 3.31. The van der Waals surface area contributed by atoms with Gasteiger partial charge in [-0.05, 0) is 42.8 Å². The lowest BCUT2D eigenvalue weighted by atomic mass is 10.2. The Labute approximate surface area is 129 Å². The number of aryl methyl sites for hydroxylation is 1. The molecule has 5 heteroatoms. The van der Waals surface area contributed by atoms with Crippen LogP contribution in [0.25, 0.3) is 6.08 Å². The van der Waals surface area contributed by atoms with Gasteiger partial charge in [-0.2, -0.15) is 0 Å². The summed E-state index contributed by atoms with van der Waals surface area (Å²) in [5.74, 6) is -1.08. The molecule has 0 spiro atoms. The SMILES string of the molecule is Cc1ccc(F)c(Oc2cc(Br)ccc2C=CC(=O)O)c1. The molecule has 0 radical (unpaired) electrons. The fourth-order valence-electron chi connectivity index (χ4n) is 1.70. The summed E-state index contributed by atoms with van der Waals surface area (Å²) in [6, 6.07) is 9.65. The average Bonchev–Trinajstić information content (AvgIpc) is 2.42. The van der Waals surface area contributed by atoms with Gasteiger partial charge in [0.25, 0.3) is 0 Å². The van der Waals surface area contributed by atoms with Crippen LogP contribution in [0.3, 0.4) is 0 Å². The fourth-order valence-corrected chi connectivity index (χ4v) is 2.04. The Morgan fingerprint density at radius 2 is 2.00 bits per heavy atom. The molecule has 0 aliphatic carbocycles. The first kappa shape index (κ1) is 15.3. The van der Waals surface area contributed by atoms with Crippen LogP contribution in [0.4, 0.5) is 4.39 Å². The topological polar surface area (TPSA) is 46.5 Å². The van der Waals surface area contributed by atoms with Crippen molar-refractivity contribution < 1.29 is 19.0 Å². The van der Waals surface area contributed by atoms with Crippen molar-refractivity contribution in [2.24, 2.45) is 0 Å². The Kier molecular flexibility index (Phi) is 4.75. The van der Waals surface area contributed by atoms with Gasteiger partial charge in [0, 0.05) is 16.1 Å². The van der Waals surface area contributed by atoms with Crippen molar-refractivity contribution in [1.82, 2.24) is 0 Å². The van der Waals surface area contributed by atoms with Gasteiger partial charge in [0.2, 0.25) is 0 Å². The van der Waals surface area contributed by atoms with Gasteiger partial charge >= 0.3 is 5.97 Å². The molecule has 21 heavy (non-hydrogen) atoms. The summed E-state index contributed by atoms with van der Waals surface area (Å²) < 4.78 is 20.1. The molecule has 2 rings (SSSR count). The van der Waals surface area contributed by atoms with E-state index < -0.39 is 11.8 Å². The minimum Gasteiger partial charge on any atom is -0.478 e. The Morgan fingerprint density at radius 1 is 1.24 bits per heavy atom. The molecule has 0 saturated carbocycles. The van der Waals surface area contributed by atoms with Crippen molar-refractivity contribution in [3.63, 3.8) is 0 Å². The van der Waals surface area contributed by atoms with E-state index in [0.717, 1.165) is 16.1 Å². The van der Waals surface area contributed by atoms with Gasteiger partial charge in [0.15, 0.2) is 11.6 Å². The van der Waals surface area contributed by atoms with Gasteiger partial charge < -0.3 is 9.84 Å². The molecule has 0 aliphatic rings. The Morgan fingerprint density at radius 3 is 2.71 bits per heavy atom. The first-order chi connectivity index (χ1) is 9.95. The second-order valence-corrected chi connectivity index (χ2v) is 5.31. The monoisotopic (exact) mass is 350 g/mol. The number of benzene rings is 2. The summed E-state index contributed by atoms with van der Waals surface area (Å²) in [5, 5.41) is 8.69. The number of rotatable bonds is 4. The molecule has 0 unspecified atom stereocenters. The van der Waals surface area contributed by atoms with E-state index in [-0.39, 0.29) is 5.75 Å². The second kappa shape index (κ2) is 6.54. The molecule has 2 aromatic carbocycles. The van der Waals surface area contributed by atoms with E-state index >= 15 is 0 Å². The highest BCUT2D eigenvalue weighted by Crippen LogP contribution is 2.31. The number of ether oxygens (including phenoxy) is 1. The number of hydrogen-bond donors (Lipinski definition) is 1. The largest absolute Gasteiger partial charge is 0.478 e. The molecule has 108 valence electrons. The predicted molar refractivity (Wildman–Crippen MR) is 82.0 cm³/mol. The van der Waals surface area contributed by atoms with Gasteiger partial charge in [-0.3, -0.25) is 0 Å². The number of aliphatic carboxylic acids is 1. The third-order valence-corrected chi connectivity index (χ3v) is 3.18. The average molecular weight is 351 g/mol. The molecule has 0 fully saturated rings. The summed E-state index contributed by atoms with van der Waals surface area (Å²) in [5.41, 5.74) is 1.41. The van der Waals surface area contributed by atoms with Crippen LogP contribution in [0.15, 0.2) is 46.9 Å². The van der Waals surface area contributed by atoms with E-state index in [4.69, 9.17) is 9.84 Å². The fraction of sp³-hybridized carbons (Fsp3) is 0.0625. The Bertz CT molecular complexity index is 711. The van der Waals surface area contributed by atoms with Crippen molar-refractivity contribution in [3.05, 3.63) is 63.9 Å². The van der Waals surface area contributed by atoms with Crippen LogP contribution in [0.5, 0.6) is 11.5 Å². The van der Waals surface area contributed by atoms with Gasteiger partial charge in [0.1, 0.15) is 5.75 Å². The lowest BCUT2D eigenvalue weighted by Crippen LogP contribution is -1.92. The third-order valence-electron chi connectivity index (χ3n) is 2.69. The predicted octanol–water partition coefficient (Wildman–Crippen LogP) is 4.79. The molecular weight excluding hydrogens is 339 g/mol. The van der Waals surface area contributed by atoms with E-state index in [0.29, 0.717) is 11.3 Å². The smallest absolute Gasteiger partial charge is 0.328 e. The molecule has 0 bridgehead atoms. The normalized spacial score (nSPS) is 10.8. The number of carboxylic acid groups (broad SMARTS) is 1. The molecular formula is C16H12BrFO3. The van der Waals surface area contributed by atoms with Crippen LogP contribution in [0.2, 0.25) is 0 Å². The number of carbonyl (C=O) groups is 1. The number of halogens is 2. The van der Waals surface area contributed by atoms with E-state index in [1.165, 1.54) is 12.1 Å². The molecule has 0 amide bonds. The van der Waals surface area contributed by atoms with Crippen molar-refractivity contribution in [2.45, 2.75) is 6.92 Å². The maximum absolute atomic E-state index is 13.8. The number of carboxylic acids is 1. The molecule has 0 atom stereocenters. The lowest BCUT2D eigenvalue weighted by molar-refractivity contribution is -0.131. The summed E-state index contributed by atoms with van der Waals surface area (Å²) in [4.78, 5) is 10.6. The van der Waals surface area contributed by atoms with E-state index in [1.807, 2.05) is 6.92 Å². The highest BCUT2D eigenvalue weighted by Gasteiger charge is 2.09. The highest BCUT2D eigenvalue weighted by atomic mass is 79.9. The van der Waals surface area contributed by atoms with Crippen LogP contribution < -0.4 is 4.74 Å². The van der Waals surface area contributed by atoms with Crippen LogP contribution in [0, 0.1) is 12.7 Å². The van der Waals surface area contributed by atoms with Gasteiger partial charge in [-0.25, -0.2) is 9.18 Å². The quantitative estimate of drug-likeness (QED) is 0.806. The molecule has 1 N–H and O–H groups in total. The van der Waals surface area contributed by atoms with Crippen molar-refractivity contribution in [3.8, 4) is 11.5 Å².